The highest BCUT2D eigenvalue weighted by molar-refractivity contribution is 7.89. The fourth-order valence-electron chi connectivity index (χ4n) is 4.83. The number of nitrogens with one attached hydrogen (secondary N) is 1. The van der Waals surface area contributed by atoms with Gasteiger partial charge in [-0.05, 0) is 43.7 Å². The second-order valence-corrected chi connectivity index (χ2v) is 9.94. The first-order valence-corrected chi connectivity index (χ1v) is 11.6. The smallest absolute Gasteiger partial charge is 0.243 e. The third-order valence-corrected chi connectivity index (χ3v) is 8.22. The quantitative estimate of drug-likeness (QED) is 0.854. The van der Waals surface area contributed by atoms with Crippen LogP contribution < -0.4 is 5.32 Å². The Hall–Kier alpha value is -1.44. The summed E-state index contributed by atoms with van der Waals surface area (Å²) in [4.78, 5) is 15.2. The Balaban J connectivity index is 1.39. The molecule has 4 rings (SSSR count). The predicted octanol–water partition coefficient (Wildman–Crippen LogP) is 1.83. The summed E-state index contributed by atoms with van der Waals surface area (Å²) >= 11 is 0. The molecule has 3 atom stereocenters. The molecule has 148 valence electrons. The second-order valence-electron chi connectivity index (χ2n) is 8.00. The third kappa shape index (κ3) is 3.91. The summed E-state index contributed by atoms with van der Waals surface area (Å²) < 4.78 is 27.2. The number of fused-ring (bicyclic) bond motifs is 1. The van der Waals surface area contributed by atoms with E-state index in [-0.39, 0.29) is 11.9 Å². The topological polar surface area (TPSA) is 69.7 Å². The normalized spacial score (nSPS) is 29.9. The van der Waals surface area contributed by atoms with E-state index in [2.05, 4.69) is 5.32 Å². The van der Waals surface area contributed by atoms with Crippen molar-refractivity contribution in [3.63, 3.8) is 0 Å². The lowest BCUT2D eigenvalue weighted by Crippen LogP contribution is -2.46. The molecule has 1 saturated carbocycles. The molecule has 2 aliphatic heterocycles. The predicted molar refractivity (Wildman–Crippen MR) is 104 cm³/mol. The minimum absolute atomic E-state index is 0.0876. The second kappa shape index (κ2) is 7.89. The Kier molecular flexibility index (Phi) is 5.53. The molecule has 2 heterocycles. The first-order valence-electron chi connectivity index (χ1n) is 10.2. The maximum atomic E-state index is 13.0. The van der Waals surface area contributed by atoms with E-state index in [0.717, 1.165) is 6.42 Å². The molecule has 1 N–H and O–H groups in total. The van der Waals surface area contributed by atoms with Gasteiger partial charge in [-0.2, -0.15) is 4.31 Å². The molecule has 3 unspecified atom stereocenters. The summed E-state index contributed by atoms with van der Waals surface area (Å²) in [5.74, 6) is 0.790. The zero-order valence-corrected chi connectivity index (χ0v) is 16.5. The molecule has 1 aromatic rings. The largest absolute Gasteiger partial charge is 0.340 e. The van der Waals surface area contributed by atoms with E-state index in [4.69, 9.17) is 0 Å². The Bertz CT molecular complexity index is 754. The van der Waals surface area contributed by atoms with Gasteiger partial charge in [0, 0.05) is 32.2 Å². The number of benzene rings is 1. The zero-order chi connectivity index (χ0) is 18.9. The lowest BCUT2D eigenvalue weighted by atomic mass is 9.85. The molecule has 1 amide bonds. The van der Waals surface area contributed by atoms with Crippen LogP contribution in [-0.4, -0.2) is 61.8 Å². The molecule has 27 heavy (non-hydrogen) atoms. The maximum absolute atomic E-state index is 13.0. The van der Waals surface area contributed by atoms with Gasteiger partial charge in [-0.1, -0.05) is 31.0 Å². The molecule has 3 aliphatic rings. The Morgan fingerprint density at radius 3 is 2.52 bits per heavy atom. The minimum atomic E-state index is -3.49. The van der Waals surface area contributed by atoms with Gasteiger partial charge in [-0.25, -0.2) is 8.42 Å². The maximum Gasteiger partial charge on any atom is 0.243 e. The fourth-order valence-corrected chi connectivity index (χ4v) is 6.32. The minimum Gasteiger partial charge on any atom is -0.340 e. The Labute approximate surface area is 162 Å². The molecular formula is C20H29N3O3S. The van der Waals surface area contributed by atoms with Crippen molar-refractivity contribution in [1.82, 2.24) is 14.5 Å². The van der Waals surface area contributed by atoms with Crippen LogP contribution in [0.4, 0.5) is 0 Å². The molecule has 1 aliphatic carbocycles. The SMILES string of the molecule is O=C(C1CC2CCCCC2N1)N1CCCN(S(=O)(=O)c2ccccc2)CC1. The molecule has 7 heteroatoms. The summed E-state index contributed by atoms with van der Waals surface area (Å²) in [6.07, 6.45) is 6.55. The lowest BCUT2D eigenvalue weighted by molar-refractivity contribution is -0.133. The van der Waals surface area contributed by atoms with Gasteiger partial charge in [0.05, 0.1) is 10.9 Å². The van der Waals surface area contributed by atoms with Gasteiger partial charge in [0.25, 0.3) is 0 Å². The van der Waals surface area contributed by atoms with Crippen molar-refractivity contribution >= 4 is 15.9 Å². The lowest BCUT2D eigenvalue weighted by Gasteiger charge is -2.25. The summed E-state index contributed by atoms with van der Waals surface area (Å²) in [6, 6.07) is 8.97. The van der Waals surface area contributed by atoms with Crippen LogP contribution >= 0.6 is 0 Å². The summed E-state index contributed by atoms with van der Waals surface area (Å²) in [7, 11) is -3.49. The van der Waals surface area contributed by atoms with E-state index in [1.54, 1.807) is 24.3 Å². The number of carbonyl (C=O) groups is 1. The number of amides is 1. The zero-order valence-electron chi connectivity index (χ0n) is 15.7. The molecular weight excluding hydrogens is 362 g/mol. The van der Waals surface area contributed by atoms with Gasteiger partial charge in [0.1, 0.15) is 0 Å². The molecule has 3 fully saturated rings. The molecule has 0 aromatic heterocycles. The number of hydrogen-bond donors (Lipinski definition) is 1. The number of sulfonamides is 1. The first-order chi connectivity index (χ1) is 13.1. The van der Waals surface area contributed by atoms with Crippen LogP contribution in [0.1, 0.15) is 38.5 Å². The van der Waals surface area contributed by atoms with Crippen LogP contribution in [0.5, 0.6) is 0 Å². The fraction of sp³-hybridized carbons (Fsp3) is 0.650. The highest BCUT2D eigenvalue weighted by Gasteiger charge is 2.40. The van der Waals surface area contributed by atoms with Crippen molar-refractivity contribution in [3.05, 3.63) is 30.3 Å². The van der Waals surface area contributed by atoms with Gasteiger partial charge in [-0.15, -0.1) is 0 Å². The van der Waals surface area contributed by atoms with Gasteiger partial charge < -0.3 is 10.2 Å². The van der Waals surface area contributed by atoms with E-state index in [1.807, 2.05) is 11.0 Å². The number of nitrogens with zero attached hydrogens (tertiary/aromatic N) is 2. The Morgan fingerprint density at radius 1 is 0.963 bits per heavy atom. The summed E-state index contributed by atoms with van der Waals surface area (Å²) in [5, 5.41) is 3.55. The molecule has 6 nitrogen and oxygen atoms in total. The van der Waals surface area contributed by atoms with Crippen molar-refractivity contribution in [2.24, 2.45) is 5.92 Å². The number of rotatable bonds is 3. The van der Waals surface area contributed by atoms with Crippen LogP contribution in [0.3, 0.4) is 0 Å². The highest BCUT2D eigenvalue weighted by Crippen LogP contribution is 2.33. The van der Waals surface area contributed by atoms with Crippen LogP contribution in [0, 0.1) is 5.92 Å². The van der Waals surface area contributed by atoms with Crippen LogP contribution in [0.2, 0.25) is 0 Å². The van der Waals surface area contributed by atoms with Gasteiger partial charge in [0.2, 0.25) is 15.9 Å². The molecule has 1 aromatic carbocycles. The Morgan fingerprint density at radius 2 is 1.74 bits per heavy atom. The highest BCUT2D eigenvalue weighted by atomic mass is 32.2. The average molecular weight is 392 g/mol. The third-order valence-electron chi connectivity index (χ3n) is 6.31. The molecule has 2 saturated heterocycles. The van der Waals surface area contributed by atoms with Gasteiger partial charge in [0.15, 0.2) is 0 Å². The monoisotopic (exact) mass is 391 g/mol. The standard InChI is InChI=1S/C20H29N3O3S/c24-20(19-15-16-7-4-5-10-18(16)21-19)22-11-6-12-23(14-13-22)27(25,26)17-8-2-1-3-9-17/h1-3,8-9,16,18-19,21H,4-7,10-15H2. The van der Waals surface area contributed by atoms with Gasteiger partial charge >= 0.3 is 0 Å². The van der Waals surface area contributed by atoms with Crippen LogP contribution in [-0.2, 0) is 14.8 Å². The van der Waals surface area contributed by atoms with Crippen molar-refractivity contribution < 1.29 is 13.2 Å². The molecule has 0 spiro atoms. The van der Waals surface area contributed by atoms with Crippen LogP contribution in [0.25, 0.3) is 0 Å². The van der Waals surface area contributed by atoms with Crippen molar-refractivity contribution in [2.75, 3.05) is 26.2 Å². The number of carbonyl (C=O) groups excluding carboxylic acids is 1. The van der Waals surface area contributed by atoms with E-state index in [9.17, 15) is 13.2 Å². The molecule has 0 bridgehead atoms. The number of hydrogen-bond acceptors (Lipinski definition) is 4. The van der Waals surface area contributed by atoms with Crippen molar-refractivity contribution in [2.45, 2.75) is 55.5 Å². The van der Waals surface area contributed by atoms with E-state index >= 15 is 0 Å². The average Bonchev–Trinajstić information content (AvgIpc) is 2.97. The van der Waals surface area contributed by atoms with Crippen molar-refractivity contribution in [3.8, 4) is 0 Å². The molecule has 0 radical (unpaired) electrons. The van der Waals surface area contributed by atoms with Crippen molar-refractivity contribution in [1.29, 1.82) is 0 Å². The van der Waals surface area contributed by atoms with E-state index < -0.39 is 10.0 Å². The first kappa shape index (κ1) is 18.9. The van der Waals surface area contributed by atoms with E-state index in [0.29, 0.717) is 49.5 Å². The van der Waals surface area contributed by atoms with Crippen LogP contribution in [0.15, 0.2) is 35.2 Å². The van der Waals surface area contributed by atoms with E-state index in [1.165, 1.54) is 30.0 Å². The summed E-state index contributed by atoms with van der Waals surface area (Å²) in [6.45, 7) is 1.93. The summed E-state index contributed by atoms with van der Waals surface area (Å²) in [5.41, 5.74) is 0. The van der Waals surface area contributed by atoms with Gasteiger partial charge in [-0.3, -0.25) is 4.79 Å².